The maximum atomic E-state index is 11.1. The predicted molar refractivity (Wildman–Crippen MR) is 56.7 cm³/mol. The van der Waals surface area contributed by atoms with Gasteiger partial charge in [-0.1, -0.05) is 13.3 Å². The summed E-state index contributed by atoms with van der Waals surface area (Å²) in [6.45, 7) is 4.30. The molecule has 1 N–H and O–H groups in total. The van der Waals surface area contributed by atoms with Crippen LogP contribution in [-0.2, 0) is 9.53 Å². The second-order valence-corrected chi connectivity index (χ2v) is 3.26. The fraction of sp³-hybridized carbons (Fsp3) is 0.800. The van der Waals surface area contributed by atoms with Crippen molar-refractivity contribution in [2.75, 3.05) is 20.2 Å². The molecule has 0 aromatic rings. The number of hydrogen-bond acceptors (Lipinski definition) is 5. The number of carbonyl (C=O) groups excluding carboxylic acids is 1. The second kappa shape index (κ2) is 8.21. The van der Waals surface area contributed by atoms with Crippen LogP contribution >= 0.6 is 0 Å². The third-order valence-corrected chi connectivity index (χ3v) is 1.78. The predicted octanol–water partition coefficient (Wildman–Crippen LogP) is 0.678. The molecule has 5 heteroatoms. The Morgan fingerprint density at radius 2 is 2.27 bits per heavy atom. The van der Waals surface area contributed by atoms with Crippen LogP contribution in [0.5, 0.6) is 0 Å². The first kappa shape index (κ1) is 13.9. The molecule has 5 nitrogen and oxygen atoms in total. The lowest BCUT2D eigenvalue weighted by molar-refractivity contribution is -0.144. The van der Waals surface area contributed by atoms with E-state index in [0.717, 1.165) is 12.8 Å². The third kappa shape index (κ3) is 6.89. The minimum absolute atomic E-state index is 0.149. The summed E-state index contributed by atoms with van der Waals surface area (Å²) in [5, 5.41) is 10.4. The van der Waals surface area contributed by atoms with Crippen molar-refractivity contribution in [3.63, 3.8) is 0 Å². The van der Waals surface area contributed by atoms with Crippen LogP contribution in [0.4, 0.5) is 0 Å². The van der Waals surface area contributed by atoms with Crippen molar-refractivity contribution in [3.05, 3.63) is 0 Å². The quantitative estimate of drug-likeness (QED) is 0.497. The van der Waals surface area contributed by atoms with Crippen LogP contribution in [0.1, 0.15) is 26.7 Å². The Balaban J connectivity index is 3.85. The van der Waals surface area contributed by atoms with Crippen molar-refractivity contribution in [1.29, 1.82) is 5.26 Å². The first-order valence-corrected chi connectivity index (χ1v) is 5.16. The Hall–Kier alpha value is -1.12. The Kier molecular flexibility index (Phi) is 7.60. The molecule has 0 bridgehead atoms. The van der Waals surface area contributed by atoms with Gasteiger partial charge in [-0.05, 0) is 13.3 Å². The molecule has 0 rings (SSSR count). The number of likely N-dealkylation sites (N-methyl/N-ethyl adjacent to an activating group) is 1. The van der Waals surface area contributed by atoms with Gasteiger partial charge in [0.05, 0.1) is 12.7 Å². The van der Waals surface area contributed by atoms with Crippen molar-refractivity contribution in [1.82, 2.24) is 10.4 Å². The van der Waals surface area contributed by atoms with Gasteiger partial charge in [-0.3, -0.25) is 4.79 Å². The highest BCUT2D eigenvalue weighted by molar-refractivity contribution is 5.71. The van der Waals surface area contributed by atoms with Crippen LogP contribution in [0.25, 0.3) is 0 Å². The van der Waals surface area contributed by atoms with Gasteiger partial charge in [-0.25, -0.2) is 10.4 Å². The molecule has 1 atom stereocenters. The SMILES string of the molecule is CCCC(C#N)NN(C)CC(=O)OCC. The molecule has 0 aliphatic carbocycles. The largest absolute Gasteiger partial charge is 0.465 e. The third-order valence-electron chi connectivity index (χ3n) is 1.78. The molecule has 0 fully saturated rings. The maximum Gasteiger partial charge on any atom is 0.321 e. The van der Waals surface area contributed by atoms with E-state index in [4.69, 9.17) is 10.00 Å². The summed E-state index contributed by atoms with van der Waals surface area (Å²) in [6, 6.07) is 1.89. The number of nitrogens with zero attached hydrogens (tertiary/aromatic N) is 2. The molecule has 0 aromatic carbocycles. The number of hydrazine groups is 1. The van der Waals surface area contributed by atoms with Gasteiger partial charge < -0.3 is 4.74 Å². The van der Waals surface area contributed by atoms with Crippen molar-refractivity contribution in [3.8, 4) is 6.07 Å². The summed E-state index contributed by atoms with van der Waals surface area (Å²) in [7, 11) is 1.72. The minimum atomic E-state index is -0.291. The average molecular weight is 213 g/mol. The zero-order valence-corrected chi connectivity index (χ0v) is 9.62. The van der Waals surface area contributed by atoms with Crippen LogP contribution in [0.15, 0.2) is 0 Å². The van der Waals surface area contributed by atoms with Gasteiger partial charge in [0.2, 0.25) is 0 Å². The van der Waals surface area contributed by atoms with E-state index >= 15 is 0 Å². The van der Waals surface area contributed by atoms with Crippen molar-refractivity contribution >= 4 is 5.97 Å². The standard InChI is InChI=1S/C10H19N3O2/c1-4-6-9(7-11)12-13(3)8-10(14)15-5-2/h9,12H,4-6,8H2,1-3H3. The highest BCUT2D eigenvalue weighted by Gasteiger charge is 2.11. The van der Waals surface area contributed by atoms with E-state index < -0.39 is 0 Å². The molecule has 1 unspecified atom stereocenters. The maximum absolute atomic E-state index is 11.1. The fourth-order valence-electron chi connectivity index (χ4n) is 1.16. The molecule has 86 valence electrons. The molecule has 15 heavy (non-hydrogen) atoms. The summed E-state index contributed by atoms with van der Waals surface area (Å²) in [6.07, 6.45) is 1.70. The lowest BCUT2D eigenvalue weighted by atomic mass is 10.2. The Bertz CT molecular complexity index is 225. The van der Waals surface area contributed by atoms with E-state index in [-0.39, 0.29) is 18.6 Å². The molecule has 0 saturated heterocycles. The number of esters is 1. The molecule has 0 radical (unpaired) electrons. The molecule has 0 aliphatic heterocycles. The van der Waals surface area contributed by atoms with Gasteiger partial charge in [0.1, 0.15) is 12.6 Å². The van der Waals surface area contributed by atoms with Crippen molar-refractivity contribution in [2.45, 2.75) is 32.7 Å². The summed E-state index contributed by atoms with van der Waals surface area (Å²) in [5.41, 5.74) is 2.93. The lowest BCUT2D eigenvalue weighted by Crippen LogP contribution is -2.44. The first-order valence-electron chi connectivity index (χ1n) is 5.16. The minimum Gasteiger partial charge on any atom is -0.465 e. The number of rotatable bonds is 7. The van der Waals surface area contributed by atoms with Crippen LogP contribution in [0.3, 0.4) is 0 Å². The normalized spacial score (nSPS) is 12.2. The monoisotopic (exact) mass is 213 g/mol. The number of carbonyl (C=O) groups is 1. The average Bonchev–Trinajstić information content (AvgIpc) is 2.17. The summed E-state index contributed by atoms with van der Waals surface area (Å²) >= 11 is 0. The van der Waals surface area contributed by atoms with Gasteiger partial charge in [-0.2, -0.15) is 5.26 Å². The Morgan fingerprint density at radius 1 is 1.60 bits per heavy atom. The molecule has 0 aliphatic rings. The van der Waals surface area contributed by atoms with Crippen LogP contribution in [-0.4, -0.2) is 37.2 Å². The number of ether oxygens (including phenoxy) is 1. The number of nitriles is 1. The van der Waals surface area contributed by atoms with Crippen LogP contribution in [0.2, 0.25) is 0 Å². The summed E-state index contributed by atoms with van der Waals surface area (Å²) in [4.78, 5) is 11.1. The van der Waals surface area contributed by atoms with Crippen molar-refractivity contribution in [2.24, 2.45) is 0 Å². The Morgan fingerprint density at radius 3 is 2.73 bits per heavy atom. The summed E-state index contributed by atoms with van der Waals surface area (Å²) in [5.74, 6) is -0.291. The topological polar surface area (TPSA) is 65.4 Å². The fourth-order valence-corrected chi connectivity index (χ4v) is 1.16. The van der Waals surface area contributed by atoms with Crippen molar-refractivity contribution < 1.29 is 9.53 Å². The van der Waals surface area contributed by atoms with Gasteiger partial charge >= 0.3 is 5.97 Å². The zero-order valence-electron chi connectivity index (χ0n) is 9.62. The van der Waals surface area contributed by atoms with E-state index in [1.807, 2.05) is 6.92 Å². The molecule has 0 aromatic heterocycles. The molecule has 0 saturated carbocycles. The van der Waals surface area contributed by atoms with Crippen LogP contribution < -0.4 is 5.43 Å². The van der Waals surface area contributed by atoms with E-state index in [1.165, 1.54) is 0 Å². The smallest absolute Gasteiger partial charge is 0.321 e. The molecular weight excluding hydrogens is 194 g/mol. The highest BCUT2D eigenvalue weighted by atomic mass is 16.5. The van der Waals surface area contributed by atoms with Crippen LogP contribution in [0, 0.1) is 11.3 Å². The van der Waals surface area contributed by atoms with Gasteiger partial charge in [-0.15, -0.1) is 0 Å². The zero-order chi connectivity index (χ0) is 11.7. The molecule has 0 spiro atoms. The van der Waals surface area contributed by atoms with E-state index in [1.54, 1.807) is 19.0 Å². The van der Waals surface area contributed by atoms with Gasteiger partial charge in [0.25, 0.3) is 0 Å². The van der Waals surface area contributed by atoms with E-state index in [2.05, 4.69) is 11.5 Å². The highest BCUT2D eigenvalue weighted by Crippen LogP contribution is 1.95. The second-order valence-electron chi connectivity index (χ2n) is 3.26. The first-order chi connectivity index (χ1) is 7.13. The molecule has 0 amide bonds. The number of hydrogen-bond donors (Lipinski definition) is 1. The number of nitrogens with one attached hydrogen (secondary N) is 1. The Labute approximate surface area is 91.0 Å². The lowest BCUT2D eigenvalue weighted by Gasteiger charge is -2.20. The van der Waals surface area contributed by atoms with E-state index in [0.29, 0.717) is 6.61 Å². The van der Waals surface area contributed by atoms with E-state index in [9.17, 15) is 4.79 Å². The van der Waals surface area contributed by atoms with Gasteiger partial charge in [0, 0.05) is 7.05 Å². The molecule has 0 heterocycles. The summed E-state index contributed by atoms with van der Waals surface area (Å²) < 4.78 is 4.78. The van der Waals surface area contributed by atoms with Gasteiger partial charge in [0.15, 0.2) is 0 Å². The molecular formula is C10H19N3O2.